The fourth-order valence-electron chi connectivity index (χ4n) is 3.21. The van der Waals surface area contributed by atoms with Crippen molar-refractivity contribution < 1.29 is 19.1 Å². The molecule has 0 aromatic heterocycles. The molecule has 2 amide bonds. The van der Waals surface area contributed by atoms with E-state index in [-0.39, 0.29) is 18.2 Å². The SMILES string of the molecule is CCN(C(=O)CCN(Cc1ccc(OC)c(OC)c1)C(C)=O)c1cccc(C)c1. The summed E-state index contributed by atoms with van der Waals surface area (Å²) in [6.07, 6.45) is 0.259. The lowest BCUT2D eigenvalue weighted by molar-refractivity contribution is -0.130. The van der Waals surface area contributed by atoms with Crippen molar-refractivity contribution in [1.82, 2.24) is 4.90 Å². The lowest BCUT2D eigenvalue weighted by Crippen LogP contribution is -2.36. The Morgan fingerprint density at radius 3 is 2.31 bits per heavy atom. The van der Waals surface area contributed by atoms with Gasteiger partial charge in [0.15, 0.2) is 11.5 Å². The van der Waals surface area contributed by atoms with E-state index >= 15 is 0 Å². The zero-order valence-corrected chi connectivity index (χ0v) is 17.9. The highest BCUT2D eigenvalue weighted by atomic mass is 16.5. The van der Waals surface area contributed by atoms with Crippen LogP contribution in [-0.2, 0) is 16.1 Å². The third-order valence-corrected chi connectivity index (χ3v) is 4.79. The van der Waals surface area contributed by atoms with E-state index in [4.69, 9.17) is 9.47 Å². The smallest absolute Gasteiger partial charge is 0.228 e. The first-order valence-electron chi connectivity index (χ1n) is 9.73. The van der Waals surface area contributed by atoms with E-state index in [2.05, 4.69) is 0 Å². The van der Waals surface area contributed by atoms with Crippen LogP contribution < -0.4 is 14.4 Å². The summed E-state index contributed by atoms with van der Waals surface area (Å²) in [6.45, 7) is 6.81. The summed E-state index contributed by atoms with van der Waals surface area (Å²) < 4.78 is 10.6. The molecule has 0 unspecified atom stereocenters. The zero-order valence-electron chi connectivity index (χ0n) is 17.9. The van der Waals surface area contributed by atoms with Gasteiger partial charge in [0, 0.05) is 38.7 Å². The summed E-state index contributed by atoms with van der Waals surface area (Å²) in [5, 5.41) is 0. The Kier molecular flexibility index (Phi) is 8.07. The Balaban J connectivity index is 2.07. The quantitative estimate of drug-likeness (QED) is 0.645. The van der Waals surface area contributed by atoms with Gasteiger partial charge >= 0.3 is 0 Å². The highest BCUT2D eigenvalue weighted by molar-refractivity contribution is 5.93. The highest BCUT2D eigenvalue weighted by Gasteiger charge is 2.18. The van der Waals surface area contributed by atoms with Crippen LogP contribution in [0.3, 0.4) is 0 Å². The molecule has 0 spiro atoms. The van der Waals surface area contributed by atoms with Gasteiger partial charge in [-0.25, -0.2) is 0 Å². The Bertz CT molecular complexity index is 851. The molecule has 2 aromatic rings. The molecule has 0 saturated heterocycles. The average Bonchev–Trinajstić information content (AvgIpc) is 2.71. The first-order valence-corrected chi connectivity index (χ1v) is 9.73. The molecule has 0 N–H and O–H groups in total. The van der Waals surface area contributed by atoms with Crippen LogP contribution in [0.1, 0.15) is 31.4 Å². The number of amides is 2. The van der Waals surface area contributed by atoms with Crippen LogP contribution >= 0.6 is 0 Å². The summed E-state index contributed by atoms with van der Waals surface area (Å²) in [5.74, 6) is 1.17. The lowest BCUT2D eigenvalue weighted by atomic mass is 10.1. The Morgan fingerprint density at radius 2 is 1.72 bits per heavy atom. The van der Waals surface area contributed by atoms with Crippen molar-refractivity contribution in [2.45, 2.75) is 33.7 Å². The monoisotopic (exact) mass is 398 g/mol. The number of methoxy groups -OCH3 is 2. The van der Waals surface area contributed by atoms with Gasteiger partial charge in [-0.15, -0.1) is 0 Å². The standard InChI is InChI=1S/C23H30N2O4/c1-6-25(20-9-7-8-17(2)14-20)23(27)12-13-24(18(3)26)16-19-10-11-21(28-4)22(15-19)29-5/h7-11,14-15H,6,12-13,16H2,1-5H3. The van der Waals surface area contributed by atoms with Crippen molar-refractivity contribution in [3.8, 4) is 11.5 Å². The number of benzene rings is 2. The summed E-state index contributed by atoms with van der Waals surface area (Å²) in [6, 6.07) is 13.4. The maximum atomic E-state index is 12.8. The molecule has 0 saturated carbocycles. The van der Waals surface area contributed by atoms with Crippen molar-refractivity contribution in [1.29, 1.82) is 0 Å². The van der Waals surface area contributed by atoms with Crippen molar-refractivity contribution in [3.63, 3.8) is 0 Å². The van der Waals surface area contributed by atoms with Crippen LogP contribution in [0.5, 0.6) is 11.5 Å². The predicted molar refractivity (Wildman–Crippen MR) is 114 cm³/mol. The summed E-state index contributed by atoms with van der Waals surface area (Å²) >= 11 is 0. The number of aryl methyl sites for hydroxylation is 1. The minimum atomic E-state index is -0.0776. The van der Waals surface area contributed by atoms with Gasteiger partial charge in [-0.05, 0) is 49.2 Å². The molecule has 2 rings (SSSR count). The van der Waals surface area contributed by atoms with Crippen LogP contribution in [0.25, 0.3) is 0 Å². The van der Waals surface area contributed by atoms with Gasteiger partial charge in [0.1, 0.15) is 0 Å². The van der Waals surface area contributed by atoms with Crippen LogP contribution in [0.2, 0.25) is 0 Å². The van der Waals surface area contributed by atoms with Crippen LogP contribution in [-0.4, -0.2) is 44.0 Å². The molecule has 0 atom stereocenters. The van der Waals surface area contributed by atoms with Gasteiger partial charge in [-0.2, -0.15) is 0 Å². The second-order valence-electron chi connectivity index (χ2n) is 6.86. The van der Waals surface area contributed by atoms with Gasteiger partial charge in [0.2, 0.25) is 11.8 Å². The third kappa shape index (κ3) is 5.98. The molecule has 29 heavy (non-hydrogen) atoms. The second-order valence-corrected chi connectivity index (χ2v) is 6.86. The summed E-state index contributed by atoms with van der Waals surface area (Å²) in [5.41, 5.74) is 2.90. The van der Waals surface area contributed by atoms with E-state index in [0.29, 0.717) is 31.1 Å². The highest BCUT2D eigenvalue weighted by Crippen LogP contribution is 2.28. The zero-order chi connectivity index (χ0) is 21.4. The topological polar surface area (TPSA) is 59.1 Å². The minimum Gasteiger partial charge on any atom is -0.493 e. The molecule has 0 aliphatic carbocycles. The van der Waals surface area contributed by atoms with Crippen molar-refractivity contribution in [2.75, 3.05) is 32.2 Å². The Labute approximate surface area is 173 Å². The summed E-state index contributed by atoms with van der Waals surface area (Å²) in [7, 11) is 3.16. The van der Waals surface area contributed by atoms with Gasteiger partial charge in [0.25, 0.3) is 0 Å². The predicted octanol–water partition coefficient (Wildman–Crippen LogP) is 3.80. The maximum absolute atomic E-state index is 12.8. The summed E-state index contributed by atoms with van der Waals surface area (Å²) in [4.78, 5) is 28.4. The number of carbonyl (C=O) groups is 2. The minimum absolute atomic E-state index is 0.00309. The third-order valence-electron chi connectivity index (χ3n) is 4.79. The number of rotatable bonds is 9. The molecular formula is C23H30N2O4. The molecule has 0 aliphatic heterocycles. The van der Waals surface area contributed by atoms with Crippen LogP contribution in [0.15, 0.2) is 42.5 Å². The number of anilines is 1. The van der Waals surface area contributed by atoms with Crippen LogP contribution in [0, 0.1) is 6.92 Å². The average molecular weight is 399 g/mol. The number of carbonyl (C=O) groups excluding carboxylic acids is 2. The van der Waals surface area contributed by atoms with Crippen molar-refractivity contribution in [2.24, 2.45) is 0 Å². The first kappa shape index (κ1) is 22.3. The largest absolute Gasteiger partial charge is 0.493 e. The molecule has 6 heteroatoms. The van der Waals surface area contributed by atoms with E-state index in [1.165, 1.54) is 6.92 Å². The normalized spacial score (nSPS) is 10.4. The Morgan fingerprint density at radius 1 is 1.00 bits per heavy atom. The van der Waals surface area contributed by atoms with Crippen molar-refractivity contribution in [3.05, 3.63) is 53.6 Å². The number of hydrogen-bond donors (Lipinski definition) is 0. The van der Waals surface area contributed by atoms with E-state index in [1.54, 1.807) is 24.0 Å². The van der Waals surface area contributed by atoms with E-state index < -0.39 is 0 Å². The van der Waals surface area contributed by atoms with Gasteiger partial charge < -0.3 is 19.3 Å². The lowest BCUT2D eigenvalue weighted by Gasteiger charge is -2.25. The number of ether oxygens (including phenoxy) is 2. The number of hydrogen-bond acceptors (Lipinski definition) is 4. The van der Waals surface area contributed by atoms with E-state index in [0.717, 1.165) is 16.8 Å². The fourth-order valence-corrected chi connectivity index (χ4v) is 3.21. The van der Waals surface area contributed by atoms with E-state index in [1.807, 2.05) is 56.3 Å². The molecule has 156 valence electrons. The molecular weight excluding hydrogens is 368 g/mol. The Hall–Kier alpha value is -3.02. The second kappa shape index (κ2) is 10.5. The number of nitrogens with zero attached hydrogens (tertiary/aromatic N) is 2. The molecule has 0 bridgehead atoms. The molecule has 0 fully saturated rings. The fraction of sp³-hybridized carbons (Fsp3) is 0.391. The van der Waals surface area contributed by atoms with Gasteiger partial charge in [0.05, 0.1) is 14.2 Å². The first-order chi connectivity index (χ1) is 13.9. The molecule has 0 radical (unpaired) electrons. The molecule has 0 heterocycles. The maximum Gasteiger partial charge on any atom is 0.228 e. The van der Waals surface area contributed by atoms with E-state index in [9.17, 15) is 9.59 Å². The molecule has 0 aliphatic rings. The van der Waals surface area contributed by atoms with Crippen molar-refractivity contribution >= 4 is 17.5 Å². The van der Waals surface area contributed by atoms with Gasteiger partial charge in [-0.3, -0.25) is 9.59 Å². The molecule has 6 nitrogen and oxygen atoms in total. The van der Waals surface area contributed by atoms with Gasteiger partial charge in [-0.1, -0.05) is 18.2 Å². The van der Waals surface area contributed by atoms with Crippen LogP contribution in [0.4, 0.5) is 5.69 Å². The molecule has 2 aromatic carbocycles.